The van der Waals surface area contributed by atoms with Crippen molar-refractivity contribution in [2.24, 2.45) is 0 Å². The Morgan fingerprint density at radius 3 is 2.14 bits per heavy atom. The third-order valence-electron chi connectivity index (χ3n) is 3.28. The van der Waals surface area contributed by atoms with E-state index in [1.165, 1.54) is 35.3 Å². The van der Waals surface area contributed by atoms with Crippen LogP contribution in [0.4, 0.5) is 17.6 Å². The van der Waals surface area contributed by atoms with Crippen LogP contribution in [0.5, 0.6) is 0 Å². The van der Waals surface area contributed by atoms with Gasteiger partial charge in [-0.05, 0) is 35.4 Å². The highest BCUT2D eigenvalue weighted by Gasteiger charge is 2.29. The van der Waals surface area contributed by atoms with E-state index < -0.39 is 17.6 Å². The topological polar surface area (TPSA) is 17.8 Å². The smallest absolute Gasteiger partial charge is 0.303 e. The molecule has 3 aromatic rings. The van der Waals surface area contributed by atoms with Gasteiger partial charge in [0.2, 0.25) is 0 Å². The second-order valence-corrected chi connectivity index (χ2v) is 4.71. The fraction of sp³-hybridized carbons (Fsp3) is 0.0625. The summed E-state index contributed by atoms with van der Waals surface area (Å²) in [6.07, 6.45) is 0.227. The third kappa shape index (κ3) is 2.72. The monoisotopic (exact) mass is 306 g/mol. The van der Waals surface area contributed by atoms with Gasteiger partial charge in [0.05, 0.1) is 17.6 Å². The summed E-state index contributed by atoms with van der Waals surface area (Å²) in [7, 11) is 0. The summed E-state index contributed by atoms with van der Waals surface area (Å²) < 4.78 is 53.2. The Balaban J connectivity index is 1.94. The Hall–Kier alpha value is -2.63. The summed E-state index contributed by atoms with van der Waals surface area (Å²) in [6.45, 7) is 0. The van der Waals surface area contributed by atoms with Crippen molar-refractivity contribution >= 4 is 0 Å². The first-order chi connectivity index (χ1) is 10.4. The van der Waals surface area contributed by atoms with Gasteiger partial charge in [0.25, 0.3) is 0 Å². The first-order valence-corrected chi connectivity index (χ1v) is 6.41. The zero-order valence-corrected chi connectivity index (χ0v) is 11.2. The van der Waals surface area contributed by atoms with Gasteiger partial charge in [-0.3, -0.25) is 0 Å². The van der Waals surface area contributed by atoms with Crippen molar-refractivity contribution in [1.29, 1.82) is 0 Å². The minimum Gasteiger partial charge on any atom is -0.303 e. The van der Waals surface area contributed by atoms with Gasteiger partial charge in [0.15, 0.2) is 0 Å². The number of aromatic nitrogens is 2. The van der Waals surface area contributed by atoms with Crippen molar-refractivity contribution in [3.05, 3.63) is 72.6 Å². The summed E-state index contributed by atoms with van der Waals surface area (Å²) in [6, 6.07) is 9.12. The molecule has 0 saturated heterocycles. The molecule has 6 heteroatoms. The van der Waals surface area contributed by atoms with Gasteiger partial charge in [0, 0.05) is 12.4 Å². The summed E-state index contributed by atoms with van der Waals surface area (Å²) >= 11 is 0. The fourth-order valence-electron chi connectivity index (χ4n) is 2.15. The lowest BCUT2D eigenvalue weighted by Gasteiger charge is -2.09. The Morgan fingerprint density at radius 2 is 1.59 bits per heavy atom. The molecule has 0 unspecified atom stereocenters. The highest BCUT2D eigenvalue weighted by Crippen LogP contribution is 2.31. The van der Waals surface area contributed by atoms with Gasteiger partial charge in [-0.15, -0.1) is 0 Å². The maximum Gasteiger partial charge on any atom is 0.416 e. The SMILES string of the molecule is Fc1cc(-c2ccc(C(F)(F)F)cc2)ccc1-n1ccnc1. The lowest BCUT2D eigenvalue weighted by Crippen LogP contribution is -2.04. The molecule has 0 aliphatic rings. The molecule has 0 saturated carbocycles. The first kappa shape index (κ1) is 14.3. The van der Waals surface area contributed by atoms with E-state index in [4.69, 9.17) is 0 Å². The van der Waals surface area contributed by atoms with Gasteiger partial charge in [0.1, 0.15) is 5.82 Å². The number of nitrogens with zero attached hydrogens (tertiary/aromatic N) is 2. The summed E-state index contributed by atoms with van der Waals surface area (Å²) in [5, 5.41) is 0. The molecule has 3 rings (SSSR count). The van der Waals surface area contributed by atoms with Gasteiger partial charge < -0.3 is 4.57 Å². The van der Waals surface area contributed by atoms with E-state index >= 15 is 0 Å². The minimum absolute atomic E-state index is 0.327. The van der Waals surface area contributed by atoms with E-state index in [9.17, 15) is 17.6 Å². The van der Waals surface area contributed by atoms with Crippen LogP contribution >= 0.6 is 0 Å². The molecule has 0 bridgehead atoms. The number of rotatable bonds is 2. The summed E-state index contributed by atoms with van der Waals surface area (Å²) in [5.74, 6) is -0.476. The fourth-order valence-corrected chi connectivity index (χ4v) is 2.15. The summed E-state index contributed by atoms with van der Waals surface area (Å²) in [4.78, 5) is 3.84. The standard InChI is InChI=1S/C16H10F4N2/c17-14-9-12(3-6-15(14)22-8-7-21-10-22)11-1-4-13(5-2-11)16(18,19)20/h1-10H. The average molecular weight is 306 g/mol. The van der Waals surface area contributed by atoms with Crippen LogP contribution in [0.25, 0.3) is 16.8 Å². The molecule has 0 fully saturated rings. The molecule has 0 amide bonds. The van der Waals surface area contributed by atoms with Crippen LogP contribution in [0.1, 0.15) is 5.56 Å². The van der Waals surface area contributed by atoms with Crippen molar-refractivity contribution in [1.82, 2.24) is 9.55 Å². The van der Waals surface area contributed by atoms with E-state index in [-0.39, 0.29) is 0 Å². The Morgan fingerprint density at radius 1 is 0.909 bits per heavy atom. The van der Waals surface area contributed by atoms with Gasteiger partial charge in [-0.2, -0.15) is 13.2 Å². The average Bonchev–Trinajstić information content (AvgIpc) is 3.00. The Kier molecular flexibility index (Phi) is 3.44. The lowest BCUT2D eigenvalue weighted by atomic mass is 10.0. The van der Waals surface area contributed by atoms with Crippen LogP contribution in [-0.4, -0.2) is 9.55 Å². The maximum atomic E-state index is 14.1. The molecule has 0 aliphatic heterocycles. The molecule has 2 nitrogen and oxygen atoms in total. The van der Waals surface area contributed by atoms with E-state index in [0.717, 1.165) is 12.1 Å². The highest BCUT2D eigenvalue weighted by molar-refractivity contribution is 5.65. The number of alkyl halides is 3. The van der Waals surface area contributed by atoms with Crippen LogP contribution in [0.15, 0.2) is 61.2 Å². The van der Waals surface area contributed by atoms with Crippen molar-refractivity contribution in [2.75, 3.05) is 0 Å². The van der Waals surface area contributed by atoms with Gasteiger partial charge in [-0.1, -0.05) is 18.2 Å². The molecule has 22 heavy (non-hydrogen) atoms. The number of benzene rings is 2. The molecule has 0 atom stereocenters. The van der Waals surface area contributed by atoms with Gasteiger partial charge >= 0.3 is 6.18 Å². The second-order valence-electron chi connectivity index (χ2n) is 4.71. The molecular weight excluding hydrogens is 296 g/mol. The summed E-state index contributed by atoms with van der Waals surface area (Å²) in [5.41, 5.74) is 0.624. The van der Waals surface area contributed by atoms with Crippen LogP contribution in [0, 0.1) is 5.82 Å². The van der Waals surface area contributed by atoms with E-state index in [1.54, 1.807) is 18.3 Å². The molecule has 2 aromatic carbocycles. The van der Waals surface area contributed by atoms with Crippen LogP contribution in [-0.2, 0) is 6.18 Å². The van der Waals surface area contributed by atoms with Gasteiger partial charge in [-0.25, -0.2) is 9.37 Å². The number of imidazole rings is 1. The van der Waals surface area contributed by atoms with Crippen LogP contribution in [0.3, 0.4) is 0 Å². The molecule has 1 heterocycles. The quantitative estimate of drug-likeness (QED) is 0.628. The predicted octanol–water partition coefficient (Wildman–Crippen LogP) is 4.70. The molecule has 0 radical (unpaired) electrons. The number of hydrogen-bond donors (Lipinski definition) is 0. The van der Waals surface area contributed by atoms with Crippen molar-refractivity contribution in [3.8, 4) is 16.8 Å². The van der Waals surface area contributed by atoms with E-state index in [0.29, 0.717) is 16.8 Å². The molecule has 1 aromatic heterocycles. The lowest BCUT2D eigenvalue weighted by molar-refractivity contribution is -0.137. The number of halogens is 4. The maximum absolute atomic E-state index is 14.1. The second kappa shape index (κ2) is 5.29. The van der Waals surface area contributed by atoms with Crippen molar-refractivity contribution < 1.29 is 17.6 Å². The van der Waals surface area contributed by atoms with Crippen molar-refractivity contribution in [3.63, 3.8) is 0 Å². The predicted molar refractivity (Wildman–Crippen MR) is 74.0 cm³/mol. The molecule has 0 N–H and O–H groups in total. The normalized spacial score (nSPS) is 11.6. The minimum atomic E-state index is -4.38. The zero-order chi connectivity index (χ0) is 15.7. The van der Waals surface area contributed by atoms with Crippen molar-refractivity contribution in [2.45, 2.75) is 6.18 Å². The van der Waals surface area contributed by atoms with E-state index in [2.05, 4.69) is 4.98 Å². The van der Waals surface area contributed by atoms with E-state index in [1.807, 2.05) is 0 Å². The molecule has 0 spiro atoms. The zero-order valence-electron chi connectivity index (χ0n) is 11.2. The highest BCUT2D eigenvalue weighted by atomic mass is 19.4. The molecule has 0 aliphatic carbocycles. The first-order valence-electron chi connectivity index (χ1n) is 6.41. The number of hydrogen-bond acceptors (Lipinski definition) is 1. The Labute approximate surface area is 123 Å². The molecular formula is C16H10F4N2. The molecule has 112 valence electrons. The van der Waals surface area contributed by atoms with Crippen LogP contribution in [0.2, 0.25) is 0 Å². The third-order valence-corrected chi connectivity index (χ3v) is 3.28. The Bertz CT molecular complexity index is 775. The largest absolute Gasteiger partial charge is 0.416 e. The van der Waals surface area contributed by atoms with Crippen LogP contribution < -0.4 is 0 Å².